The Hall–Kier alpha value is -0.100. The van der Waals surface area contributed by atoms with Crippen molar-refractivity contribution in [1.29, 1.82) is 0 Å². The number of alkyl halides is 1. The van der Waals surface area contributed by atoms with Crippen LogP contribution >= 0.6 is 54.8 Å². The van der Waals surface area contributed by atoms with Crippen molar-refractivity contribution in [2.75, 3.05) is 7.11 Å². The Labute approximate surface area is 130 Å². The van der Waals surface area contributed by atoms with Crippen LogP contribution in [-0.4, -0.2) is 7.11 Å². The Morgan fingerprint density at radius 2 is 2.17 bits per heavy atom. The molecule has 0 aliphatic rings. The van der Waals surface area contributed by atoms with E-state index in [2.05, 4.69) is 31.9 Å². The van der Waals surface area contributed by atoms with E-state index in [-0.39, 0.29) is 10.6 Å². The van der Waals surface area contributed by atoms with Gasteiger partial charge in [0, 0.05) is 10.0 Å². The second-order valence-corrected chi connectivity index (χ2v) is 6.63. The van der Waals surface area contributed by atoms with Crippen LogP contribution in [0.25, 0.3) is 0 Å². The third kappa shape index (κ3) is 2.74. The van der Waals surface area contributed by atoms with Crippen LogP contribution < -0.4 is 4.74 Å². The number of thiophene rings is 1. The molecule has 0 N–H and O–H groups in total. The molecule has 1 aromatic carbocycles. The first-order valence-corrected chi connectivity index (χ1v) is 7.91. The van der Waals surface area contributed by atoms with Crippen molar-refractivity contribution in [2.45, 2.75) is 4.83 Å². The van der Waals surface area contributed by atoms with E-state index in [1.807, 2.05) is 11.4 Å². The van der Waals surface area contributed by atoms with Crippen LogP contribution in [0.4, 0.5) is 4.39 Å². The summed E-state index contributed by atoms with van der Waals surface area (Å²) in [6.45, 7) is 0. The number of hydrogen-bond acceptors (Lipinski definition) is 2. The van der Waals surface area contributed by atoms with Gasteiger partial charge in [0.2, 0.25) is 0 Å². The van der Waals surface area contributed by atoms with Gasteiger partial charge < -0.3 is 4.74 Å². The SMILES string of the molecule is COc1ccsc1C(Br)c1cc(Cl)c(Br)cc1F. The van der Waals surface area contributed by atoms with Crippen molar-refractivity contribution in [3.05, 3.63) is 49.3 Å². The fraction of sp³-hybridized carbons (Fsp3) is 0.167. The van der Waals surface area contributed by atoms with E-state index in [0.29, 0.717) is 15.1 Å². The summed E-state index contributed by atoms with van der Waals surface area (Å²) in [6, 6.07) is 4.83. The van der Waals surface area contributed by atoms with Crippen molar-refractivity contribution in [1.82, 2.24) is 0 Å². The second kappa shape index (κ2) is 5.90. The molecule has 2 aromatic rings. The van der Waals surface area contributed by atoms with E-state index in [9.17, 15) is 4.39 Å². The van der Waals surface area contributed by atoms with E-state index in [1.54, 1.807) is 13.2 Å². The van der Waals surface area contributed by atoms with Crippen molar-refractivity contribution in [3.8, 4) is 5.75 Å². The molecule has 0 aliphatic heterocycles. The van der Waals surface area contributed by atoms with Gasteiger partial charge in [-0.15, -0.1) is 11.3 Å². The van der Waals surface area contributed by atoms with Gasteiger partial charge in [0.25, 0.3) is 0 Å². The predicted octanol–water partition coefficient (Wildman–Crippen LogP) is 5.80. The molecule has 1 heterocycles. The van der Waals surface area contributed by atoms with Gasteiger partial charge in [0.15, 0.2) is 0 Å². The van der Waals surface area contributed by atoms with E-state index in [4.69, 9.17) is 16.3 Å². The monoisotopic (exact) mass is 412 g/mol. The topological polar surface area (TPSA) is 9.23 Å². The zero-order chi connectivity index (χ0) is 13.3. The molecule has 0 aliphatic carbocycles. The first kappa shape index (κ1) is 14.3. The summed E-state index contributed by atoms with van der Waals surface area (Å²) < 4.78 is 19.7. The first-order valence-electron chi connectivity index (χ1n) is 4.94. The molecule has 1 unspecified atom stereocenters. The molecule has 6 heteroatoms. The molecular formula is C12H8Br2ClFOS. The maximum Gasteiger partial charge on any atom is 0.134 e. The summed E-state index contributed by atoms with van der Waals surface area (Å²) in [7, 11) is 1.59. The lowest BCUT2D eigenvalue weighted by Crippen LogP contribution is -1.97. The summed E-state index contributed by atoms with van der Waals surface area (Å²) in [4.78, 5) is 0.632. The van der Waals surface area contributed by atoms with Crippen LogP contribution in [0.15, 0.2) is 28.1 Å². The standard InChI is InChI=1S/C12H8Br2ClFOS/c1-17-10-2-3-18-12(10)11(14)6-4-8(15)7(13)5-9(6)16/h2-5,11H,1H3. The molecule has 18 heavy (non-hydrogen) atoms. The number of benzene rings is 1. The number of methoxy groups -OCH3 is 1. The number of rotatable bonds is 3. The van der Waals surface area contributed by atoms with Crippen molar-refractivity contribution < 1.29 is 9.13 Å². The maximum absolute atomic E-state index is 14.0. The van der Waals surface area contributed by atoms with E-state index in [0.717, 1.165) is 10.6 Å². The highest BCUT2D eigenvalue weighted by Crippen LogP contribution is 2.42. The largest absolute Gasteiger partial charge is 0.496 e. The van der Waals surface area contributed by atoms with Crippen LogP contribution in [0.2, 0.25) is 5.02 Å². The normalized spacial score (nSPS) is 12.5. The lowest BCUT2D eigenvalue weighted by atomic mass is 10.1. The Morgan fingerprint density at radius 1 is 1.44 bits per heavy atom. The Kier molecular flexibility index (Phi) is 4.69. The molecular weight excluding hydrogens is 406 g/mol. The summed E-state index contributed by atoms with van der Waals surface area (Å²) in [5.41, 5.74) is 0.490. The summed E-state index contributed by atoms with van der Waals surface area (Å²) in [6.07, 6.45) is 0. The average molecular weight is 415 g/mol. The zero-order valence-electron chi connectivity index (χ0n) is 9.22. The average Bonchev–Trinajstić information content (AvgIpc) is 2.81. The third-order valence-electron chi connectivity index (χ3n) is 2.42. The molecule has 1 atom stereocenters. The third-order valence-corrected chi connectivity index (χ3v) is 5.83. The van der Waals surface area contributed by atoms with Gasteiger partial charge in [-0.3, -0.25) is 0 Å². The highest BCUT2D eigenvalue weighted by molar-refractivity contribution is 9.10. The van der Waals surface area contributed by atoms with Gasteiger partial charge in [-0.2, -0.15) is 0 Å². The number of ether oxygens (including phenoxy) is 1. The molecule has 0 spiro atoms. The number of hydrogen-bond donors (Lipinski definition) is 0. The lowest BCUT2D eigenvalue weighted by Gasteiger charge is -2.12. The minimum atomic E-state index is -0.316. The maximum atomic E-state index is 14.0. The Balaban J connectivity index is 2.46. The van der Waals surface area contributed by atoms with Crippen LogP contribution in [0.1, 0.15) is 15.3 Å². The van der Waals surface area contributed by atoms with Gasteiger partial charge in [-0.1, -0.05) is 27.5 Å². The van der Waals surface area contributed by atoms with E-state index >= 15 is 0 Å². The van der Waals surface area contributed by atoms with Crippen molar-refractivity contribution in [3.63, 3.8) is 0 Å². The van der Waals surface area contributed by atoms with E-state index < -0.39 is 0 Å². The van der Waals surface area contributed by atoms with Gasteiger partial charge in [0.05, 0.1) is 21.8 Å². The molecule has 1 nitrogen and oxygen atoms in total. The molecule has 0 saturated carbocycles. The molecule has 0 fully saturated rings. The molecule has 0 amide bonds. The molecule has 0 radical (unpaired) electrons. The van der Waals surface area contributed by atoms with Crippen molar-refractivity contribution in [2.24, 2.45) is 0 Å². The zero-order valence-corrected chi connectivity index (χ0v) is 14.0. The van der Waals surface area contributed by atoms with E-state index in [1.165, 1.54) is 17.4 Å². The highest BCUT2D eigenvalue weighted by Gasteiger charge is 2.21. The van der Waals surface area contributed by atoms with Gasteiger partial charge in [-0.05, 0) is 39.5 Å². The molecule has 0 bridgehead atoms. The fourth-order valence-corrected chi connectivity index (χ4v) is 3.78. The quantitative estimate of drug-likeness (QED) is 0.456. The second-order valence-electron chi connectivity index (χ2n) is 3.50. The van der Waals surface area contributed by atoms with Crippen LogP contribution in [-0.2, 0) is 0 Å². The van der Waals surface area contributed by atoms with Crippen LogP contribution in [0.3, 0.4) is 0 Å². The van der Waals surface area contributed by atoms with Gasteiger partial charge in [-0.25, -0.2) is 4.39 Å². The summed E-state index contributed by atoms with van der Waals surface area (Å²) in [5, 5.41) is 2.38. The first-order chi connectivity index (χ1) is 8.54. The lowest BCUT2D eigenvalue weighted by molar-refractivity contribution is 0.413. The van der Waals surface area contributed by atoms with Gasteiger partial charge in [0.1, 0.15) is 11.6 Å². The Morgan fingerprint density at radius 3 is 2.83 bits per heavy atom. The van der Waals surface area contributed by atoms with Crippen molar-refractivity contribution >= 4 is 54.8 Å². The van der Waals surface area contributed by atoms with Crippen LogP contribution in [0.5, 0.6) is 5.75 Å². The summed E-state index contributed by atoms with van der Waals surface area (Å²) >= 11 is 14.2. The summed E-state index contributed by atoms with van der Waals surface area (Å²) in [5.74, 6) is 0.420. The molecule has 1 aromatic heterocycles. The predicted molar refractivity (Wildman–Crippen MR) is 80.8 cm³/mol. The minimum Gasteiger partial charge on any atom is -0.496 e. The fourth-order valence-electron chi connectivity index (χ4n) is 1.54. The van der Waals surface area contributed by atoms with Crippen LogP contribution in [0, 0.1) is 5.82 Å². The van der Waals surface area contributed by atoms with Gasteiger partial charge >= 0.3 is 0 Å². The minimum absolute atomic E-state index is 0.280. The highest BCUT2D eigenvalue weighted by atomic mass is 79.9. The Bertz CT molecular complexity index is 573. The number of halogens is 4. The molecule has 0 saturated heterocycles. The molecule has 96 valence electrons. The smallest absolute Gasteiger partial charge is 0.134 e. The molecule has 2 rings (SSSR count).